The molecule has 2 aromatic rings. The molecule has 0 bridgehead atoms. The van der Waals surface area contributed by atoms with Crippen LogP contribution >= 0.6 is 0 Å². The van der Waals surface area contributed by atoms with E-state index in [4.69, 9.17) is 4.84 Å². The molecule has 0 aliphatic heterocycles. The lowest BCUT2D eigenvalue weighted by molar-refractivity contribution is 0.0515. The normalized spacial score (nSPS) is 11.3. The van der Waals surface area contributed by atoms with E-state index in [1.54, 1.807) is 48.5 Å². The van der Waals surface area contributed by atoms with Crippen LogP contribution in [0, 0.1) is 0 Å². The number of carbonyl (C=O) groups is 2. The van der Waals surface area contributed by atoms with Crippen LogP contribution in [-0.4, -0.2) is 35.7 Å². The Morgan fingerprint density at radius 3 is 1.96 bits per heavy atom. The summed E-state index contributed by atoms with van der Waals surface area (Å²) in [5.74, 6) is -0.320. The fourth-order valence-electron chi connectivity index (χ4n) is 1.89. The van der Waals surface area contributed by atoms with Crippen molar-refractivity contribution in [1.29, 1.82) is 0 Å². The molecule has 0 N–H and O–H groups in total. The third kappa shape index (κ3) is 5.07. The van der Waals surface area contributed by atoms with E-state index >= 15 is 0 Å². The van der Waals surface area contributed by atoms with Crippen molar-refractivity contribution in [2.75, 3.05) is 18.3 Å². The summed E-state index contributed by atoms with van der Waals surface area (Å²) in [5.41, 5.74) is 1.19. The second-order valence-corrected chi connectivity index (χ2v) is 7.37. The zero-order chi connectivity index (χ0) is 16.7. The topological polar surface area (TPSA) is 55.7 Å². The molecular formula is C18H18NO3S+. The van der Waals surface area contributed by atoms with Gasteiger partial charge in [-0.25, -0.2) is 4.79 Å². The van der Waals surface area contributed by atoms with Gasteiger partial charge in [-0.3, -0.25) is 4.79 Å². The average molecular weight is 328 g/mol. The van der Waals surface area contributed by atoms with Gasteiger partial charge in [0.25, 0.3) is 0 Å². The number of nitrogens with zero attached hydrogens (tertiary/aromatic N) is 1. The van der Waals surface area contributed by atoms with Crippen LogP contribution in [-0.2, 0) is 15.7 Å². The molecule has 0 fully saturated rings. The fraction of sp³-hybridized carbons (Fsp3) is 0.167. The zero-order valence-electron chi connectivity index (χ0n) is 13.1. The summed E-state index contributed by atoms with van der Waals surface area (Å²) < 4.78 is 0. The summed E-state index contributed by atoms with van der Waals surface area (Å²) in [6, 6.07) is 17.4. The van der Waals surface area contributed by atoms with Gasteiger partial charge in [0.15, 0.2) is 11.5 Å². The number of ketones is 1. The maximum Gasteiger partial charge on any atom is 0.365 e. The van der Waals surface area contributed by atoms with Gasteiger partial charge in [-0.15, -0.1) is 0 Å². The predicted molar refractivity (Wildman–Crippen MR) is 94.1 cm³/mol. The van der Waals surface area contributed by atoms with Crippen molar-refractivity contribution < 1.29 is 14.4 Å². The monoisotopic (exact) mass is 328 g/mol. The van der Waals surface area contributed by atoms with E-state index in [1.807, 2.05) is 24.6 Å². The van der Waals surface area contributed by atoms with Crippen molar-refractivity contribution in [3.8, 4) is 0 Å². The van der Waals surface area contributed by atoms with E-state index in [1.165, 1.54) is 0 Å². The SMILES string of the molecule is C[S+](C)CC(=NOC(=O)c1ccccc1)C(=O)c1ccccc1. The molecule has 0 saturated carbocycles. The Kier molecular flexibility index (Phi) is 6.11. The number of hydrogen-bond acceptors (Lipinski definition) is 4. The largest absolute Gasteiger partial charge is 0.365 e. The molecule has 4 nitrogen and oxygen atoms in total. The van der Waals surface area contributed by atoms with E-state index in [9.17, 15) is 9.59 Å². The van der Waals surface area contributed by atoms with Crippen LogP contribution in [0.25, 0.3) is 0 Å². The highest BCUT2D eigenvalue weighted by molar-refractivity contribution is 7.96. The van der Waals surface area contributed by atoms with Gasteiger partial charge < -0.3 is 4.84 Å². The summed E-state index contributed by atoms with van der Waals surface area (Å²) in [5, 5.41) is 3.84. The van der Waals surface area contributed by atoms with E-state index < -0.39 is 5.97 Å². The molecule has 0 atom stereocenters. The minimum atomic E-state index is -0.573. The molecule has 2 rings (SSSR count). The Hall–Kier alpha value is -2.40. The van der Waals surface area contributed by atoms with Crippen LogP contribution in [0.1, 0.15) is 20.7 Å². The summed E-state index contributed by atoms with van der Waals surface area (Å²) in [6.45, 7) is 0. The van der Waals surface area contributed by atoms with Gasteiger partial charge in [-0.05, 0) is 23.0 Å². The van der Waals surface area contributed by atoms with Crippen molar-refractivity contribution in [2.45, 2.75) is 0 Å². The molecule has 2 aromatic carbocycles. The first kappa shape index (κ1) is 17.0. The van der Waals surface area contributed by atoms with Crippen molar-refractivity contribution in [3.05, 3.63) is 71.8 Å². The number of benzene rings is 2. The minimum Gasteiger partial charge on any atom is -0.312 e. The van der Waals surface area contributed by atoms with Crippen LogP contribution in [0.4, 0.5) is 0 Å². The second kappa shape index (κ2) is 8.29. The lowest BCUT2D eigenvalue weighted by Gasteiger charge is -2.04. The summed E-state index contributed by atoms with van der Waals surface area (Å²) >= 11 is 0. The van der Waals surface area contributed by atoms with Gasteiger partial charge in [0.2, 0.25) is 5.78 Å². The van der Waals surface area contributed by atoms with E-state index in [-0.39, 0.29) is 22.4 Å². The molecule has 0 radical (unpaired) electrons. The molecule has 0 aromatic heterocycles. The number of hydrogen-bond donors (Lipinski definition) is 0. The Balaban J connectivity index is 2.18. The van der Waals surface area contributed by atoms with Crippen molar-refractivity contribution in [1.82, 2.24) is 0 Å². The predicted octanol–water partition coefficient (Wildman–Crippen LogP) is 2.96. The Bertz CT molecular complexity index is 697. The maximum absolute atomic E-state index is 12.5. The Morgan fingerprint density at radius 2 is 1.43 bits per heavy atom. The molecule has 0 amide bonds. The quantitative estimate of drug-likeness (QED) is 0.269. The molecular weight excluding hydrogens is 310 g/mol. The lowest BCUT2D eigenvalue weighted by atomic mass is 10.1. The number of Topliss-reactive ketones (excluding diaryl/α,β-unsaturated/α-hetero) is 1. The van der Waals surface area contributed by atoms with Crippen molar-refractivity contribution >= 4 is 28.4 Å². The fourth-order valence-corrected chi connectivity index (χ4v) is 2.62. The lowest BCUT2D eigenvalue weighted by Crippen LogP contribution is -2.24. The second-order valence-electron chi connectivity index (χ2n) is 5.11. The summed E-state index contributed by atoms with van der Waals surface area (Å²) in [4.78, 5) is 29.4. The average Bonchev–Trinajstić information content (AvgIpc) is 2.59. The third-order valence-electron chi connectivity index (χ3n) is 2.97. The zero-order valence-corrected chi connectivity index (χ0v) is 13.9. The first-order chi connectivity index (χ1) is 11.1. The van der Waals surface area contributed by atoms with Gasteiger partial charge in [0.1, 0.15) is 0 Å². The number of carbonyl (C=O) groups excluding carboxylic acids is 2. The highest BCUT2D eigenvalue weighted by atomic mass is 32.2. The van der Waals surface area contributed by atoms with Crippen LogP contribution < -0.4 is 0 Å². The van der Waals surface area contributed by atoms with Crippen molar-refractivity contribution in [3.63, 3.8) is 0 Å². The highest BCUT2D eigenvalue weighted by Crippen LogP contribution is 2.06. The van der Waals surface area contributed by atoms with Gasteiger partial charge in [-0.1, -0.05) is 53.7 Å². The first-order valence-electron chi connectivity index (χ1n) is 7.05. The molecule has 0 saturated heterocycles. The molecule has 0 aliphatic carbocycles. The molecule has 0 heterocycles. The third-order valence-corrected chi connectivity index (χ3v) is 3.82. The molecule has 0 unspecified atom stereocenters. The highest BCUT2D eigenvalue weighted by Gasteiger charge is 2.21. The van der Waals surface area contributed by atoms with Crippen LogP contribution in [0.5, 0.6) is 0 Å². The smallest absolute Gasteiger partial charge is 0.312 e. The molecule has 118 valence electrons. The van der Waals surface area contributed by atoms with Crippen LogP contribution in [0.15, 0.2) is 65.8 Å². The van der Waals surface area contributed by atoms with Crippen molar-refractivity contribution in [2.24, 2.45) is 5.16 Å². The standard InChI is InChI=1S/C18H18NO3S/c1-23(2)13-16(17(20)14-9-5-3-6-10-14)19-22-18(21)15-11-7-4-8-12-15/h3-12H,13H2,1-2H3/q+1. The molecule has 0 aliphatic rings. The molecule has 5 heteroatoms. The summed E-state index contributed by atoms with van der Waals surface area (Å²) in [7, 11) is -0.0421. The van der Waals surface area contributed by atoms with Gasteiger partial charge in [0, 0.05) is 5.56 Å². The van der Waals surface area contributed by atoms with E-state index in [0.29, 0.717) is 16.9 Å². The number of rotatable bonds is 6. The first-order valence-corrected chi connectivity index (χ1v) is 9.26. The Morgan fingerprint density at radius 1 is 0.913 bits per heavy atom. The van der Waals surface area contributed by atoms with E-state index in [2.05, 4.69) is 5.16 Å². The van der Waals surface area contributed by atoms with E-state index in [0.717, 1.165) is 0 Å². The minimum absolute atomic E-state index is 0.0421. The molecule has 0 spiro atoms. The molecule has 23 heavy (non-hydrogen) atoms. The van der Waals surface area contributed by atoms with Gasteiger partial charge in [0.05, 0.1) is 18.1 Å². The Labute approximate surface area is 138 Å². The van der Waals surface area contributed by atoms with Crippen LogP contribution in [0.3, 0.4) is 0 Å². The maximum atomic E-state index is 12.5. The van der Waals surface area contributed by atoms with Crippen LogP contribution in [0.2, 0.25) is 0 Å². The summed E-state index contributed by atoms with van der Waals surface area (Å²) in [6.07, 6.45) is 4.01. The van der Waals surface area contributed by atoms with Gasteiger partial charge >= 0.3 is 5.97 Å². The number of oxime groups is 1. The van der Waals surface area contributed by atoms with Gasteiger partial charge in [-0.2, -0.15) is 0 Å².